The van der Waals surface area contributed by atoms with Crippen molar-refractivity contribution >= 4 is 17.7 Å². The van der Waals surface area contributed by atoms with Crippen LogP contribution in [0.5, 0.6) is 0 Å². The lowest BCUT2D eigenvalue weighted by Crippen LogP contribution is -2.47. The Balaban J connectivity index is 1.83. The lowest BCUT2D eigenvalue weighted by Gasteiger charge is -2.27. The molecule has 0 spiro atoms. The van der Waals surface area contributed by atoms with Gasteiger partial charge in [-0.2, -0.15) is 5.01 Å². The molecular weight excluding hydrogens is 270 g/mol. The van der Waals surface area contributed by atoms with Gasteiger partial charge in [0.1, 0.15) is 0 Å². The van der Waals surface area contributed by atoms with Crippen molar-refractivity contribution in [1.29, 1.82) is 0 Å². The zero-order valence-corrected chi connectivity index (χ0v) is 11.6. The topological polar surface area (TPSA) is 79.4 Å². The smallest absolute Gasteiger partial charge is 0.270 e. The quantitative estimate of drug-likeness (QED) is 0.651. The van der Waals surface area contributed by atoms with E-state index in [0.717, 1.165) is 5.01 Å². The molecule has 6 nitrogen and oxygen atoms in total. The molecule has 6 heteroatoms. The van der Waals surface area contributed by atoms with Gasteiger partial charge in [0.15, 0.2) is 0 Å². The summed E-state index contributed by atoms with van der Waals surface area (Å²) < 4.78 is 0. The fourth-order valence-electron chi connectivity index (χ4n) is 2.86. The highest BCUT2D eigenvalue weighted by Gasteiger charge is 2.56. The van der Waals surface area contributed by atoms with Crippen molar-refractivity contribution in [2.75, 3.05) is 0 Å². The van der Waals surface area contributed by atoms with Crippen LogP contribution in [0.15, 0.2) is 36.7 Å². The molecule has 21 heavy (non-hydrogen) atoms. The summed E-state index contributed by atoms with van der Waals surface area (Å²) in [6, 6.07) is 3.05. The lowest BCUT2D eigenvalue weighted by molar-refractivity contribution is -0.144. The second-order valence-electron chi connectivity index (χ2n) is 5.54. The van der Waals surface area contributed by atoms with Crippen molar-refractivity contribution in [2.24, 2.45) is 11.3 Å². The Morgan fingerprint density at radius 2 is 2.05 bits per heavy atom. The van der Waals surface area contributed by atoms with Crippen LogP contribution in [0.1, 0.15) is 30.1 Å². The standard InChI is InChI=1S/C15H15N3O3/c1-15-7-3-2-4-11(15)13(20)18(14(15)21)17-12(19)10-5-8-16-9-6-10/h2-3,5-6,8-9,11H,4,7H2,1H3,(H,17,19). The van der Waals surface area contributed by atoms with Gasteiger partial charge < -0.3 is 0 Å². The molecule has 3 rings (SSSR count). The summed E-state index contributed by atoms with van der Waals surface area (Å²) >= 11 is 0. The van der Waals surface area contributed by atoms with Crippen LogP contribution in [-0.4, -0.2) is 27.7 Å². The molecule has 1 aliphatic heterocycles. The highest BCUT2D eigenvalue weighted by Crippen LogP contribution is 2.44. The van der Waals surface area contributed by atoms with Gasteiger partial charge >= 0.3 is 0 Å². The molecule has 3 amide bonds. The first-order chi connectivity index (χ1) is 10.0. The summed E-state index contributed by atoms with van der Waals surface area (Å²) in [5.74, 6) is -1.57. The number of nitrogens with zero attached hydrogens (tertiary/aromatic N) is 2. The minimum atomic E-state index is -0.753. The third-order valence-electron chi connectivity index (χ3n) is 4.22. The SMILES string of the molecule is CC12CC=CCC1C(=O)N(NC(=O)c1ccncc1)C2=O. The molecule has 0 bridgehead atoms. The zero-order chi connectivity index (χ0) is 15.0. The summed E-state index contributed by atoms with van der Waals surface area (Å²) in [5.41, 5.74) is 2.01. The van der Waals surface area contributed by atoms with E-state index in [1.165, 1.54) is 24.5 Å². The zero-order valence-electron chi connectivity index (χ0n) is 11.6. The highest BCUT2D eigenvalue weighted by molar-refractivity contribution is 6.09. The number of imide groups is 1. The Bertz CT molecular complexity index is 641. The van der Waals surface area contributed by atoms with Crippen molar-refractivity contribution < 1.29 is 14.4 Å². The summed E-state index contributed by atoms with van der Waals surface area (Å²) in [6.45, 7) is 1.78. The van der Waals surface area contributed by atoms with Crippen molar-refractivity contribution in [2.45, 2.75) is 19.8 Å². The van der Waals surface area contributed by atoms with Crippen LogP contribution in [0.25, 0.3) is 0 Å². The molecule has 1 aromatic heterocycles. The molecule has 1 aromatic rings. The number of aromatic nitrogens is 1. The third-order valence-corrected chi connectivity index (χ3v) is 4.22. The summed E-state index contributed by atoms with van der Waals surface area (Å²) in [4.78, 5) is 40.8. The Labute approximate surface area is 121 Å². The Kier molecular flexibility index (Phi) is 3.08. The number of amides is 3. The van der Waals surface area contributed by atoms with Crippen molar-refractivity contribution in [1.82, 2.24) is 15.4 Å². The number of rotatable bonds is 2. The molecule has 1 saturated heterocycles. The monoisotopic (exact) mass is 285 g/mol. The molecule has 2 unspecified atom stereocenters. The van der Waals surface area contributed by atoms with Crippen LogP contribution in [0.2, 0.25) is 0 Å². The lowest BCUT2D eigenvalue weighted by atomic mass is 9.72. The second-order valence-corrected chi connectivity index (χ2v) is 5.54. The maximum atomic E-state index is 12.5. The molecule has 1 N–H and O–H groups in total. The molecule has 1 aliphatic carbocycles. The molecule has 2 heterocycles. The van der Waals surface area contributed by atoms with E-state index in [0.29, 0.717) is 18.4 Å². The average Bonchev–Trinajstić information content (AvgIpc) is 2.69. The van der Waals surface area contributed by atoms with Crippen molar-refractivity contribution in [3.63, 3.8) is 0 Å². The fourth-order valence-corrected chi connectivity index (χ4v) is 2.86. The van der Waals surface area contributed by atoms with E-state index in [-0.39, 0.29) is 11.8 Å². The van der Waals surface area contributed by atoms with Gasteiger partial charge in [0.25, 0.3) is 17.7 Å². The normalized spacial score (nSPS) is 27.7. The maximum Gasteiger partial charge on any atom is 0.270 e. The van der Waals surface area contributed by atoms with Gasteiger partial charge in [0.05, 0.1) is 11.3 Å². The Morgan fingerprint density at radius 1 is 1.33 bits per heavy atom. The Morgan fingerprint density at radius 3 is 2.71 bits per heavy atom. The van der Waals surface area contributed by atoms with Crippen LogP contribution in [0.3, 0.4) is 0 Å². The van der Waals surface area contributed by atoms with Crippen LogP contribution >= 0.6 is 0 Å². The molecule has 108 valence electrons. The summed E-state index contributed by atoms with van der Waals surface area (Å²) in [7, 11) is 0. The van der Waals surface area contributed by atoms with E-state index in [1.54, 1.807) is 6.92 Å². The predicted octanol–water partition coefficient (Wildman–Crippen LogP) is 1.07. The van der Waals surface area contributed by atoms with E-state index in [4.69, 9.17) is 0 Å². The third kappa shape index (κ3) is 2.03. The number of carbonyl (C=O) groups excluding carboxylic acids is 3. The van der Waals surface area contributed by atoms with E-state index >= 15 is 0 Å². The maximum absolute atomic E-state index is 12.5. The number of hydrazine groups is 1. The number of carbonyl (C=O) groups is 3. The van der Waals surface area contributed by atoms with Gasteiger partial charge in [-0.15, -0.1) is 0 Å². The van der Waals surface area contributed by atoms with Gasteiger partial charge in [-0.1, -0.05) is 12.2 Å². The number of allylic oxidation sites excluding steroid dienone is 2. The molecule has 0 aromatic carbocycles. The van der Waals surface area contributed by atoms with E-state index < -0.39 is 17.2 Å². The first kappa shape index (κ1) is 13.5. The van der Waals surface area contributed by atoms with E-state index in [9.17, 15) is 14.4 Å². The number of fused-ring (bicyclic) bond motifs is 1. The number of nitrogens with one attached hydrogen (secondary N) is 1. The van der Waals surface area contributed by atoms with Crippen LogP contribution in [0, 0.1) is 11.3 Å². The molecule has 0 saturated carbocycles. The van der Waals surface area contributed by atoms with Crippen LogP contribution < -0.4 is 5.43 Å². The first-order valence-corrected chi connectivity index (χ1v) is 6.78. The Hall–Kier alpha value is -2.50. The van der Waals surface area contributed by atoms with Gasteiger partial charge in [-0.3, -0.25) is 24.8 Å². The molecule has 0 radical (unpaired) electrons. The van der Waals surface area contributed by atoms with Gasteiger partial charge in [-0.05, 0) is 31.9 Å². The highest BCUT2D eigenvalue weighted by atomic mass is 16.2. The average molecular weight is 285 g/mol. The second kappa shape index (κ2) is 4.80. The fraction of sp³-hybridized carbons (Fsp3) is 0.333. The van der Waals surface area contributed by atoms with Gasteiger partial charge in [0, 0.05) is 18.0 Å². The minimum absolute atomic E-state index is 0.339. The molecule has 1 fully saturated rings. The van der Waals surface area contributed by atoms with E-state index in [2.05, 4.69) is 10.4 Å². The summed E-state index contributed by atoms with van der Waals surface area (Å²) in [6.07, 6.45) is 7.83. The van der Waals surface area contributed by atoms with Crippen molar-refractivity contribution in [3.05, 3.63) is 42.2 Å². The largest absolute Gasteiger partial charge is 0.272 e. The van der Waals surface area contributed by atoms with E-state index in [1.807, 2.05) is 12.2 Å². The molecule has 2 aliphatic rings. The molecule has 2 atom stereocenters. The van der Waals surface area contributed by atoms with Gasteiger partial charge in [0.2, 0.25) is 0 Å². The number of pyridine rings is 1. The van der Waals surface area contributed by atoms with Crippen LogP contribution in [-0.2, 0) is 9.59 Å². The summed E-state index contributed by atoms with van der Waals surface area (Å²) in [5, 5.41) is 0.875. The van der Waals surface area contributed by atoms with Gasteiger partial charge in [-0.25, -0.2) is 0 Å². The first-order valence-electron chi connectivity index (χ1n) is 6.78. The number of hydrogen-bond acceptors (Lipinski definition) is 4. The minimum Gasteiger partial charge on any atom is -0.272 e. The predicted molar refractivity (Wildman–Crippen MR) is 73.5 cm³/mol. The number of hydrogen-bond donors (Lipinski definition) is 1. The van der Waals surface area contributed by atoms with Crippen LogP contribution in [0.4, 0.5) is 0 Å². The molecular formula is C15H15N3O3. The van der Waals surface area contributed by atoms with Crippen molar-refractivity contribution in [3.8, 4) is 0 Å².